The van der Waals surface area contributed by atoms with Gasteiger partial charge in [-0.2, -0.15) is 0 Å². The summed E-state index contributed by atoms with van der Waals surface area (Å²) >= 11 is 0. The van der Waals surface area contributed by atoms with Crippen molar-refractivity contribution in [2.45, 2.75) is 31.3 Å². The Morgan fingerprint density at radius 1 is 0.970 bits per heavy atom. The lowest BCUT2D eigenvalue weighted by molar-refractivity contribution is -0.147. The molecule has 174 valence electrons. The summed E-state index contributed by atoms with van der Waals surface area (Å²) in [6.07, 6.45) is 1.68. The molecule has 3 aliphatic heterocycles. The van der Waals surface area contributed by atoms with Crippen molar-refractivity contribution < 1.29 is 27.8 Å². The summed E-state index contributed by atoms with van der Waals surface area (Å²) in [4.78, 5) is 29.6. The number of ether oxygens (including phenoxy) is 2. The highest BCUT2D eigenvalue weighted by Gasteiger charge is 2.53. The highest BCUT2D eigenvalue weighted by atomic mass is 19.1. The van der Waals surface area contributed by atoms with E-state index >= 15 is 0 Å². The van der Waals surface area contributed by atoms with Gasteiger partial charge >= 0.3 is 6.09 Å². The van der Waals surface area contributed by atoms with E-state index in [1.165, 1.54) is 29.2 Å². The van der Waals surface area contributed by atoms with E-state index in [2.05, 4.69) is 0 Å². The lowest BCUT2D eigenvalue weighted by atomic mass is 9.74. The lowest BCUT2D eigenvalue weighted by Gasteiger charge is -2.39. The highest BCUT2D eigenvalue weighted by molar-refractivity contribution is 5.91. The molecule has 3 fully saturated rings. The minimum atomic E-state index is -0.804. The smallest absolute Gasteiger partial charge is 0.415 e. The number of anilines is 1. The summed E-state index contributed by atoms with van der Waals surface area (Å²) < 4.78 is 38.3. The fourth-order valence-corrected chi connectivity index (χ4v) is 5.25. The zero-order chi connectivity index (χ0) is 23.1. The molecule has 0 bridgehead atoms. The summed E-state index contributed by atoms with van der Waals surface area (Å²) in [7, 11) is 0. The van der Waals surface area contributed by atoms with Crippen LogP contribution < -0.4 is 4.90 Å². The third kappa shape index (κ3) is 4.19. The van der Waals surface area contributed by atoms with Crippen LogP contribution in [0, 0.1) is 17.0 Å². The summed E-state index contributed by atoms with van der Waals surface area (Å²) in [6, 6.07) is 12.1. The Morgan fingerprint density at radius 3 is 2.45 bits per heavy atom. The van der Waals surface area contributed by atoms with E-state index < -0.39 is 22.9 Å². The van der Waals surface area contributed by atoms with Crippen LogP contribution in [0.5, 0.6) is 0 Å². The van der Waals surface area contributed by atoms with Crippen LogP contribution in [0.3, 0.4) is 0 Å². The van der Waals surface area contributed by atoms with E-state index in [0.717, 1.165) is 5.56 Å². The van der Waals surface area contributed by atoms with Gasteiger partial charge < -0.3 is 14.4 Å². The number of carbonyl (C=O) groups excluding carboxylic acids is 2. The molecule has 5 rings (SSSR count). The van der Waals surface area contributed by atoms with Crippen LogP contribution >= 0.6 is 0 Å². The molecule has 3 saturated heterocycles. The first kappa shape index (κ1) is 21.8. The highest BCUT2D eigenvalue weighted by Crippen LogP contribution is 2.41. The van der Waals surface area contributed by atoms with E-state index in [1.807, 2.05) is 0 Å². The van der Waals surface area contributed by atoms with Gasteiger partial charge in [0.2, 0.25) is 5.91 Å². The number of amides is 2. The van der Waals surface area contributed by atoms with Crippen molar-refractivity contribution in [1.29, 1.82) is 0 Å². The van der Waals surface area contributed by atoms with Crippen LogP contribution in [0.4, 0.5) is 19.3 Å². The molecule has 2 aromatic carbocycles. The Bertz CT molecular complexity index is 1050. The topological polar surface area (TPSA) is 59.1 Å². The van der Waals surface area contributed by atoms with Gasteiger partial charge in [0.05, 0.1) is 24.2 Å². The molecule has 0 radical (unpaired) electrons. The zero-order valence-electron chi connectivity index (χ0n) is 18.3. The number of carbonyl (C=O) groups is 2. The molecule has 0 aliphatic carbocycles. The van der Waals surface area contributed by atoms with Crippen LogP contribution in [0.2, 0.25) is 0 Å². The molecule has 0 unspecified atom stereocenters. The summed E-state index contributed by atoms with van der Waals surface area (Å²) in [6.45, 7) is 2.04. The molecule has 6 nitrogen and oxygen atoms in total. The molecular formula is C25H26F2N2O4. The quantitative estimate of drug-likeness (QED) is 0.700. The Balaban J connectivity index is 1.33. The second-order valence-electron chi connectivity index (χ2n) is 9.29. The van der Waals surface area contributed by atoms with E-state index in [9.17, 15) is 18.4 Å². The average Bonchev–Trinajstić information content (AvgIpc) is 3.37. The van der Waals surface area contributed by atoms with Crippen LogP contribution in [-0.2, 0) is 20.7 Å². The molecule has 33 heavy (non-hydrogen) atoms. The average molecular weight is 456 g/mol. The van der Waals surface area contributed by atoms with Crippen molar-refractivity contribution >= 4 is 17.7 Å². The van der Waals surface area contributed by atoms with Crippen LogP contribution in [0.1, 0.15) is 24.8 Å². The first-order valence-corrected chi connectivity index (χ1v) is 11.3. The minimum Gasteiger partial charge on any atom is -0.439 e. The zero-order valence-corrected chi connectivity index (χ0v) is 18.3. The minimum absolute atomic E-state index is 0.0206. The van der Waals surface area contributed by atoms with E-state index in [1.54, 1.807) is 29.2 Å². The number of hydrogen-bond donors (Lipinski definition) is 0. The Hall–Kier alpha value is -3.00. The molecule has 0 aromatic heterocycles. The third-order valence-corrected chi connectivity index (χ3v) is 7.05. The van der Waals surface area contributed by atoms with Gasteiger partial charge in [0, 0.05) is 26.2 Å². The van der Waals surface area contributed by atoms with Gasteiger partial charge in [0.25, 0.3) is 0 Å². The number of halogens is 2. The van der Waals surface area contributed by atoms with E-state index in [4.69, 9.17) is 9.47 Å². The predicted molar refractivity (Wildman–Crippen MR) is 117 cm³/mol. The van der Waals surface area contributed by atoms with Gasteiger partial charge in [-0.25, -0.2) is 13.6 Å². The monoisotopic (exact) mass is 456 g/mol. The Labute approximate surface area is 191 Å². The van der Waals surface area contributed by atoms with Gasteiger partial charge in [0.15, 0.2) is 5.60 Å². The second-order valence-corrected chi connectivity index (χ2v) is 9.29. The van der Waals surface area contributed by atoms with Gasteiger partial charge in [-0.1, -0.05) is 18.2 Å². The van der Waals surface area contributed by atoms with E-state index in [0.29, 0.717) is 57.7 Å². The maximum Gasteiger partial charge on any atom is 0.415 e. The van der Waals surface area contributed by atoms with Gasteiger partial charge in [0.1, 0.15) is 11.6 Å². The normalized spacial score (nSPS) is 24.4. The molecule has 1 atom stereocenters. The first-order chi connectivity index (χ1) is 15.9. The van der Waals surface area contributed by atoms with Crippen molar-refractivity contribution in [1.82, 2.24) is 4.90 Å². The number of benzene rings is 2. The first-order valence-electron chi connectivity index (χ1n) is 11.3. The summed E-state index contributed by atoms with van der Waals surface area (Å²) in [5.41, 5.74) is -0.0858. The largest absolute Gasteiger partial charge is 0.439 e. The predicted octanol–water partition coefficient (Wildman–Crippen LogP) is 3.93. The molecule has 1 spiro atoms. The number of rotatable bonds is 4. The number of hydrogen-bond acceptors (Lipinski definition) is 4. The van der Waals surface area contributed by atoms with Crippen molar-refractivity contribution in [3.63, 3.8) is 0 Å². The molecule has 3 heterocycles. The molecule has 0 N–H and O–H groups in total. The maximum atomic E-state index is 13.8. The second kappa shape index (κ2) is 8.41. The Morgan fingerprint density at radius 2 is 1.73 bits per heavy atom. The summed E-state index contributed by atoms with van der Waals surface area (Å²) in [5, 5.41) is 0. The summed E-state index contributed by atoms with van der Waals surface area (Å²) in [5.74, 6) is -0.711. The standard InChI is InChI=1S/C25H26F2N2O4/c26-19-6-4-18(5-7-19)15-24(9-12-32-13-10-24)22(30)28-11-8-25(16-28)17-29(23(31)33-25)21-3-1-2-20(27)14-21/h1-7,14H,8-13,15-17H2/t25-/m0/s1. The molecular weight excluding hydrogens is 430 g/mol. The third-order valence-electron chi connectivity index (χ3n) is 7.05. The maximum absolute atomic E-state index is 13.8. The van der Waals surface area contributed by atoms with Crippen LogP contribution in [0.15, 0.2) is 48.5 Å². The van der Waals surface area contributed by atoms with Gasteiger partial charge in [-0.3, -0.25) is 9.69 Å². The Kier molecular flexibility index (Phi) is 5.56. The molecule has 8 heteroatoms. The van der Waals surface area contributed by atoms with Crippen LogP contribution in [0.25, 0.3) is 0 Å². The SMILES string of the molecule is O=C1O[C@]2(CCN(C(=O)C3(Cc4ccc(F)cc4)CCOCC3)C2)CN1c1cccc(F)c1. The molecule has 3 aliphatic rings. The fraction of sp³-hybridized carbons (Fsp3) is 0.440. The number of nitrogens with zero attached hydrogens (tertiary/aromatic N) is 2. The van der Waals surface area contributed by atoms with Crippen molar-refractivity contribution in [3.05, 3.63) is 65.7 Å². The molecule has 2 aromatic rings. The van der Waals surface area contributed by atoms with Crippen molar-refractivity contribution in [2.24, 2.45) is 5.41 Å². The van der Waals surface area contributed by atoms with Crippen molar-refractivity contribution in [3.8, 4) is 0 Å². The van der Waals surface area contributed by atoms with E-state index in [-0.39, 0.29) is 18.3 Å². The lowest BCUT2D eigenvalue weighted by Crippen LogP contribution is -2.49. The van der Waals surface area contributed by atoms with Gasteiger partial charge in [-0.15, -0.1) is 0 Å². The molecule has 2 amide bonds. The van der Waals surface area contributed by atoms with Gasteiger partial charge in [-0.05, 0) is 55.2 Å². The van der Waals surface area contributed by atoms with Crippen LogP contribution in [-0.4, -0.2) is 55.3 Å². The fourth-order valence-electron chi connectivity index (χ4n) is 5.25. The number of likely N-dealkylation sites (tertiary alicyclic amines) is 1. The van der Waals surface area contributed by atoms with Crippen molar-refractivity contribution in [2.75, 3.05) is 37.7 Å². The molecule has 0 saturated carbocycles.